The van der Waals surface area contributed by atoms with Crippen LogP contribution in [-0.4, -0.2) is 21.7 Å². The molecule has 0 bridgehead atoms. The zero-order chi connectivity index (χ0) is 12.1. The van der Waals surface area contributed by atoms with E-state index in [2.05, 4.69) is 42.7 Å². The third-order valence-corrected chi connectivity index (χ3v) is 4.47. The van der Waals surface area contributed by atoms with Gasteiger partial charge in [0.1, 0.15) is 5.82 Å². The molecule has 0 saturated carbocycles. The number of anilines is 1. The fourth-order valence-electron chi connectivity index (χ4n) is 1.24. The van der Waals surface area contributed by atoms with Crippen LogP contribution in [0.15, 0.2) is 33.1 Å². The van der Waals surface area contributed by atoms with Gasteiger partial charge in [0, 0.05) is 22.5 Å². The van der Waals surface area contributed by atoms with Crippen molar-refractivity contribution in [3.8, 4) is 0 Å². The Labute approximate surface area is 117 Å². The molecule has 0 radical (unpaired) electrons. The lowest BCUT2D eigenvalue weighted by Gasteiger charge is -2.04. The lowest BCUT2D eigenvalue weighted by Crippen LogP contribution is -2.03. The summed E-state index contributed by atoms with van der Waals surface area (Å²) in [5, 5.41) is 3.36. The van der Waals surface area contributed by atoms with Gasteiger partial charge in [0.15, 0.2) is 4.34 Å². The molecule has 0 aliphatic heterocycles. The second kappa shape index (κ2) is 6.37. The van der Waals surface area contributed by atoms with Crippen molar-refractivity contribution in [1.29, 1.82) is 0 Å². The second-order valence-electron chi connectivity index (χ2n) is 3.39. The van der Waals surface area contributed by atoms with Crippen LogP contribution in [-0.2, 0) is 0 Å². The number of aromatic nitrogens is 2. The van der Waals surface area contributed by atoms with E-state index in [0.717, 1.165) is 32.6 Å². The molecule has 6 heteroatoms. The van der Waals surface area contributed by atoms with Crippen molar-refractivity contribution >= 4 is 44.9 Å². The van der Waals surface area contributed by atoms with E-state index in [4.69, 9.17) is 0 Å². The fraction of sp³-hybridized carbons (Fsp3) is 0.273. The van der Waals surface area contributed by atoms with E-state index in [1.807, 2.05) is 19.1 Å². The first-order valence-corrected chi connectivity index (χ1v) is 7.72. The summed E-state index contributed by atoms with van der Waals surface area (Å²) in [4.78, 5) is 4.30. The first-order chi connectivity index (χ1) is 8.24. The van der Waals surface area contributed by atoms with E-state index in [0.29, 0.717) is 0 Å². The van der Waals surface area contributed by atoms with Crippen molar-refractivity contribution in [3.05, 3.63) is 34.6 Å². The molecule has 0 fully saturated rings. The number of rotatable bonds is 5. The van der Waals surface area contributed by atoms with Crippen LogP contribution in [0.1, 0.15) is 5.82 Å². The van der Waals surface area contributed by atoms with Crippen molar-refractivity contribution in [3.63, 3.8) is 0 Å². The summed E-state index contributed by atoms with van der Waals surface area (Å²) in [5.74, 6) is 1.85. The molecule has 2 aromatic rings. The lowest BCUT2D eigenvalue weighted by atomic mass is 10.3. The topological polar surface area (TPSA) is 37.8 Å². The van der Waals surface area contributed by atoms with E-state index in [1.54, 1.807) is 11.8 Å². The highest BCUT2D eigenvalue weighted by atomic mass is 79.9. The minimum Gasteiger partial charge on any atom is -0.384 e. The molecular formula is C11H12BrN3S2. The number of hydrogen-bond donors (Lipinski definition) is 1. The molecule has 3 nitrogen and oxygen atoms in total. The Morgan fingerprint density at radius 1 is 1.35 bits per heavy atom. The van der Waals surface area contributed by atoms with Gasteiger partial charge < -0.3 is 5.32 Å². The van der Waals surface area contributed by atoms with Crippen LogP contribution >= 0.6 is 39.2 Å². The van der Waals surface area contributed by atoms with E-state index in [-0.39, 0.29) is 0 Å². The maximum absolute atomic E-state index is 4.30. The van der Waals surface area contributed by atoms with Gasteiger partial charge in [-0.25, -0.2) is 4.98 Å². The molecular weight excluding hydrogens is 318 g/mol. The van der Waals surface area contributed by atoms with E-state index in [1.165, 1.54) is 11.5 Å². The van der Waals surface area contributed by atoms with Crippen LogP contribution < -0.4 is 5.32 Å². The number of nitrogens with one attached hydrogen (secondary N) is 1. The highest BCUT2D eigenvalue weighted by Crippen LogP contribution is 2.20. The van der Waals surface area contributed by atoms with Crippen LogP contribution in [0.4, 0.5) is 5.69 Å². The third kappa shape index (κ3) is 4.29. The smallest absolute Gasteiger partial charge is 0.170 e. The second-order valence-corrected chi connectivity index (χ2v) is 6.40. The highest BCUT2D eigenvalue weighted by Gasteiger charge is 2.00. The van der Waals surface area contributed by atoms with Gasteiger partial charge in [-0.3, -0.25) is 0 Å². The first-order valence-electron chi connectivity index (χ1n) is 5.16. The molecule has 1 N–H and O–H groups in total. The molecule has 0 aliphatic carbocycles. The first kappa shape index (κ1) is 12.9. The molecule has 1 aromatic heterocycles. The molecule has 90 valence electrons. The summed E-state index contributed by atoms with van der Waals surface area (Å²) in [6, 6.07) is 8.18. The average molecular weight is 330 g/mol. The average Bonchev–Trinajstić information content (AvgIpc) is 2.73. The molecule has 2 rings (SSSR count). The van der Waals surface area contributed by atoms with Crippen LogP contribution in [0, 0.1) is 6.92 Å². The van der Waals surface area contributed by atoms with Crippen molar-refractivity contribution in [2.45, 2.75) is 11.3 Å². The van der Waals surface area contributed by atoms with Gasteiger partial charge in [0.2, 0.25) is 0 Å². The van der Waals surface area contributed by atoms with Crippen LogP contribution in [0.5, 0.6) is 0 Å². The molecule has 1 aromatic carbocycles. The predicted octanol–water partition coefficient (Wildman–Crippen LogP) is 3.81. The largest absolute Gasteiger partial charge is 0.384 e. The quantitative estimate of drug-likeness (QED) is 0.668. The Bertz CT molecular complexity index is 470. The molecule has 0 atom stereocenters. The Morgan fingerprint density at radius 3 is 2.76 bits per heavy atom. The van der Waals surface area contributed by atoms with Gasteiger partial charge in [-0.15, -0.1) is 0 Å². The maximum Gasteiger partial charge on any atom is 0.170 e. The summed E-state index contributed by atoms with van der Waals surface area (Å²) in [6.45, 7) is 2.84. The van der Waals surface area contributed by atoms with Gasteiger partial charge in [-0.1, -0.05) is 27.7 Å². The van der Waals surface area contributed by atoms with Crippen LogP contribution in [0.3, 0.4) is 0 Å². The SMILES string of the molecule is Cc1nsc(SCCNc2ccc(Br)cc2)n1. The fourth-order valence-corrected chi connectivity index (χ4v) is 3.07. The Kier molecular flexibility index (Phi) is 4.82. The van der Waals surface area contributed by atoms with E-state index < -0.39 is 0 Å². The molecule has 17 heavy (non-hydrogen) atoms. The van der Waals surface area contributed by atoms with Gasteiger partial charge in [0.05, 0.1) is 0 Å². The molecule has 1 heterocycles. The summed E-state index contributed by atoms with van der Waals surface area (Å²) in [6.07, 6.45) is 0. The maximum atomic E-state index is 4.30. The summed E-state index contributed by atoms with van der Waals surface area (Å²) < 4.78 is 6.29. The Hall–Kier alpha value is -0.590. The number of hydrogen-bond acceptors (Lipinski definition) is 5. The molecule has 0 aliphatic rings. The lowest BCUT2D eigenvalue weighted by molar-refractivity contribution is 1.10. The molecule has 0 amide bonds. The Balaban J connectivity index is 1.71. The minimum absolute atomic E-state index is 0.860. The van der Waals surface area contributed by atoms with Crippen LogP contribution in [0.25, 0.3) is 0 Å². The van der Waals surface area contributed by atoms with Gasteiger partial charge in [0.25, 0.3) is 0 Å². The van der Waals surface area contributed by atoms with Crippen molar-refractivity contribution in [2.75, 3.05) is 17.6 Å². The van der Waals surface area contributed by atoms with Crippen LogP contribution in [0.2, 0.25) is 0 Å². The van der Waals surface area contributed by atoms with Gasteiger partial charge >= 0.3 is 0 Å². The predicted molar refractivity (Wildman–Crippen MR) is 78.0 cm³/mol. The van der Waals surface area contributed by atoms with Crippen molar-refractivity contribution < 1.29 is 0 Å². The number of thioether (sulfide) groups is 1. The Morgan fingerprint density at radius 2 is 2.12 bits per heavy atom. The number of nitrogens with zero attached hydrogens (tertiary/aromatic N) is 2. The minimum atomic E-state index is 0.860. The normalized spacial score (nSPS) is 10.5. The van der Waals surface area contributed by atoms with Crippen molar-refractivity contribution in [1.82, 2.24) is 9.36 Å². The number of halogens is 1. The molecule has 0 spiro atoms. The van der Waals surface area contributed by atoms with Gasteiger partial charge in [-0.2, -0.15) is 4.37 Å². The highest BCUT2D eigenvalue weighted by molar-refractivity contribution is 9.10. The zero-order valence-corrected chi connectivity index (χ0v) is 12.5. The third-order valence-electron chi connectivity index (χ3n) is 2.01. The standard InChI is InChI=1S/C11H12BrN3S2/c1-8-14-11(17-15-8)16-7-6-13-10-4-2-9(12)3-5-10/h2-5,13H,6-7H2,1H3. The van der Waals surface area contributed by atoms with E-state index in [9.17, 15) is 0 Å². The monoisotopic (exact) mass is 329 g/mol. The summed E-state index contributed by atoms with van der Waals surface area (Å²) in [5.41, 5.74) is 1.14. The molecule has 0 saturated heterocycles. The zero-order valence-electron chi connectivity index (χ0n) is 9.31. The van der Waals surface area contributed by atoms with E-state index >= 15 is 0 Å². The summed E-state index contributed by atoms with van der Waals surface area (Å²) >= 11 is 6.62. The molecule has 0 unspecified atom stereocenters. The number of benzene rings is 1. The number of aryl methyl sites for hydroxylation is 1. The van der Waals surface area contributed by atoms with Gasteiger partial charge in [-0.05, 0) is 42.7 Å². The van der Waals surface area contributed by atoms with Crippen molar-refractivity contribution in [2.24, 2.45) is 0 Å². The summed E-state index contributed by atoms with van der Waals surface area (Å²) in [7, 11) is 0.